The van der Waals surface area contributed by atoms with Crippen LogP contribution in [0.4, 0.5) is 0 Å². The molecule has 2 aromatic rings. The van der Waals surface area contributed by atoms with Crippen molar-refractivity contribution in [3.05, 3.63) is 40.7 Å². The molecular weight excluding hydrogens is 182 g/mol. The molecule has 0 aliphatic heterocycles. The minimum Gasteiger partial charge on any atom is -0.244 e. The molecule has 1 heterocycles. The Morgan fingerprint density at radius 1 is 1.23 bits per heavy atom. The van der Waals surface area contributed by atoms with Crippen LogP contribution in [0.3, 0.4) is 0 Å². The summed E-state index contributed by atoms with van der Waals surface area (Å²) in [4.78, 5) is 4.07. The number of aromatic nitrogens is 1. The first kappa shape index (κ1) is 8.52. The zero-order valence-corrected chi connectivity index (χ0v) is 8.39. The minimum atomic E-state index is 0.552. The second-order valence-electron chi connectivity index (χ2n) is 3.24. The number of hydrogen-bond donors (Lipinski definition) is 0. The summed E-state index contributed by atoms with van der Waals surface area (Å²) in [6, 6.07) is 6.07. The summed E-state index contributed by atoms with van der Waals surface area (Å²) in [5.41, 5.74) is 2.57. The molecule has 1 aromatic heterocycles. The molecule has 0 radical (unpaired) electrons. The van der Waals surface area contributed by atoms with Gasteiger partial charge >= 0.3 is 0 Å². The van der Waals surface area contributed by atoms with Crippen molar-refractivity contribution in [2.24, 2.45) is 0 Å². The van der Waals surface area contributed by atoms with E-state index in [0.717, 1.165) is 5.39 Å². The van der Waals surface area contributed by atoms with Crippen molar-refractivity contribution in [1.82, 2.24) is 4.98 Å². The summed E-state index contributed by atoms with van der Waals surface area (Å²) in [5, 5.41) is 2.89. The van der Waals surface area contributed by atoms with E-state index in [2.05, 4.69) is 31.0 Å². The molecule has 0 amide bonds. The highest BCUT2D eigenvalue weighted by Crippen LogP contribution is 2.22. The van der Waals surface area contributed by atoms with E-state index >= 15 is 0 Å². The molecule has 0 aliphatic carbocycles. The molecule has 0 fully saturated rings. The molecule has 0 saturated carbocycles. The Kier molecular flexibility index (Phi) is 1.97. The Bertz CT molecular complexity index is 463. The van der Waals surface area contributed by atoms with Gasteiger partial charge in [0.1, 0.15) is 5.15 Å². The summed E-state index contributed by atoms with van der Waals surface area (Å²) < 4.78 is 0. The van der Waals surface area contributed by atoms with Gasteiger partial charge in [0.2, 0.25) is 0 Å². The van der Waals surface area contributed by atoms with Gasteiger partial charge in [-0.25, -0.2) is 4.98 Å². The van der Waals surface area contributed by atoms with Crippen molar-refractivity contribution >= 4 is 22.4 Å². The molecule has 2 heteroatoms. The second-order valence-corrected chi connectivity index (χ2v) is 3.62. The molecule has 0 atom stereocenters. The Hall–Kier alpha value is -1.08. The number of aryl methyl sites for hydroxylation is 2. The highest BCUT2D eigenvalue weighted by Gasteiger charge is 2.00. The maximum Gasteiger partial charge on any atom is 0.129 e. The van der Waals surface area contributed by atoms with Gasteiger partial charge in [-0.05, 0) is 36.4 Å². The Morgan fingerprint density at radius 2 is 2.00 bits per heavy atom. The fourth-order valence-electron chi connectivity index (χ4n) is 1.45. The van der Waals surface area contributed by atoms with Gasteiger partial charge in [-0.1, -0.05) is 23.7 Å². The fourth-order valence-corrected chi connectivity index (χ4v) is 1.61. The zero-order chi connectivity index (χ0) is 9.42. The Morgan fingerprint density at radius 3 is 2.77 bits per heavy atom. The van der Waals surface area contributed by atoms with Crippen LogP contribution in [-0.2, 0) is 0 Å². The summed E-state index contributed by atoms with van der Waals surface area (Å²) in [5.74, 6) is 0. The fraction of sp³-hybridized carbons (Fsp3) is 0.182. The number of benzene rings is 1. The number of hydrogen-bond acceptors (Lipinski definition) is 1. The lowest BCUT2D eigenvalue weighted by atomic mass is 10.0. The molecule has 0 bridgehead atoms. The lowest BCUT2D eigenvalue weighted by molar-refractivity contribution is 1.32. The van der Waals surface area contributed by atoms with E-state index < -0.39 is 0 Å². The number of fused-ring (bicyclic) bond motifs is 1. The van der Waals surface area contributed by atoms with Crippen LogP contribution in [0, 0.1) is 13.8 Å². The van der Waals surface area contributed by atoms with E-state index in [1.165, 1.54) is 16.5 Å². The summed E-state index contributed by atoms with van der Waals surface area (Å²) in [6.07, 6.45) is 1.83. The van der Waals surface area contributed by atoms with Gasteiger partial charge in [0, 0.05) is 11.6 Å². The first-order chi connectivity index (χ1) is 6.18. The molecule has 1 aromatic carbocycles. The predicted molar refractivity (Wildman–Crippen MR) is 56.2 cm³/mol. The standard InChI is InChI=1S/C11H10ClN/c1-7-3-4-9-5-11(12)13-6-10(9)8(7)2/h3-6H,1-2H3. The van der Waals surface area contributed by atoms with E-state index in [1.807, 2.05) is 12.3 Å². The third-order valence-electron chi connectivity index (χ3n) is 2.41. The van der Waals surface area contributed by atoms with Crippen LogP contribution in [0.2, 0.25) is 5.15 Å². The van der Waals surface area contributed by atoms with Crippen molar-refractivity contribution in [2.45, 2.75) is 13.8 Å². The van der Waals surface area contributed by atoms with Crippen LogP contribution in [0.1, 0.15) is 11.1 Å². The normalized spacial score (nSPS) is 10.7. The SMILES string of the molecule is Cc1ccc2cc(Cl)ncc2c1C. The minimum absolute atomic E-state index is 0.552. The Labute approximate surface area is 82.4 Å². The summed E-state index contributed by atoms with van der Waals surface area (Å²) >= 11 is 5.80. The lowest BCUT2D eigenvalue weighted by Crippen LogP contribution is -1.85. The predicted octanol–water partition coefficient (Wildman–Crippen LogP) is 3.51. The number of halogens is 1. The van der Waals surface area contributed by atoms with Crippen LogP contribution < -0.4 is 0 Å². The second kappa shape index (κ2) is 3.00. The molecular formula is C11H10ClN. The van der Waals surface area contributed by atoms with Crippen molar-refractivity contribution in [1.29, 1.82) is 0 Å². The molecule has 0 saturated heterocycles. The number of pyridine rings is 1. The Balaban J connectivity index is 2.87. The molecule has 1 nitrogen and oxygen atoms in total. The summed E-state index contributed by atoms with van der Waals surface area (Å²) in [7, 11) is 0. The van der Waals surface area contributed by atoms with Crippen LogP contribution in [-0.4, -0.2) is 4.98 Å². The van der Waals surface area contributed by atoms with Crippen molar-refractivity contribution in [3.63, 3.8) is 0 Å². The van der Waals surface area contributed by atoms with Gasteiger partial charge < -0.3 is 0 Å². The molecule has 66 valence electrons. The van der Waals surface area contributed by atoms with Crippen LogP contribution in [0.15, 0.2) is 24.4 Å². The average molecular weight is 192 g/mol. The van der Waals surface area contributed by atoms with Crippen LogP contribution >= 0.6 is 11.6 Å². The molecule has 0 unspecified atom stereocenters. The molecule has 0 aliphatic rings. The van der Waals surface area contributed by atoms with Gasteiger partial charge in [0.15, 0.2) is 0 Å². The topological polar surface area (TPSA) is 12.9 Å². The van der Waals surface area contributed by atoms with E-state index in [9.17, 15) is 0 Å². The van der Waals surface area contributed by atoms with Crippen LogP contribution in [0.25, 0.3) is 10.8 Å². The van der Waals surface area contributed by atoms with Gasteiger partial charge in [-0.2, -0.15) is 0 Å². The molecule has 2 rings (SSSR count). The molecule has 13 heavy (non-hydrogen) atoms. The molecule has 0 N–H and O–H groups in total. The first-order valence-corrected chi connectivity index (χ1v) is 4.58. The highest BCUT2D eigenvalue weighted by atomic mass is 35.5. The van der Waals surface area contributed by atoms with Gasteiger partial charge in [-0.3, -0.25) is 0 Å². The third kappa shape index (κ3) is 1.40. The van der Waals surface area contributed by atoms with Gasteiger partial charge in [-0.15, -0.1) is 0 Å². The van der Waals surface area contributed by atoms with Crippen LogP contribution in [0.5, 0.6) is 0 Å². The largest absolute Gasteiger partial charge is 0.244 e. The quantitative estimate of drug-likeness (QED) is 0.581. The van der Waals surface area contributed by atoms with E-state index in [-0.39, 0.29) is 0 Å². The maximum absolute atomic E-state index is 5.80. The van der Waals surface area contributed by atoms with E-state index in [1.54, 1.807) is 0 Å². The number of rotatable bonds is 0. The smallest absolute Gasteiger partial charge is 0.129 e. The zero-order valence-electron chi connectivity index (χ0n) is 7.63. The van der Waals surface area contributed by atoms with E-state index in [4.69, 9.17) is 11.6 Å². The first-order valence-electron chi connectivity index (χ1n) is 4.20. The average Bonchev–Trinajstić information content (AvgIpc) is 2.12. The monoisotopic (exact) mass is 191 g/mol. The van der Waals surface area contributed by atoms with E-state index in [0.29, 0.717) is 5.15 Å². The highest BCUT2D eigenvalue weighted by molar-refractivity contribution is 6.30. The maximum atomic E-state index is 5.80. The lowest BCUT2D eigenvalue weighted by Gasteiger charge is -2.04. The van der Waals surface area contributed by atoms with Gasteiger partial charge in [0.05, 0.1) is 0 Å². The van der Waals surface area contributed by atoms with Crippen molar-refractivity contribution in [2.75, 3.05) is 0 Å². The van der Waals surface area contributed by atoms with Crippen molar-refractivity contribution in [3.8, 4) is 0 Å². The summed E-state index contributed by atoms with van der Waals surface area (Å²) in [6.45, 7) is 4.20. The van der Waals surface area contributed by atoms with Crippen molar-refractivity contribution < 1.29 is 0 Å². The third-order valence-corrected chi connectivity index (χ3v) is 2.62. The van der Waals surface area contributed by atoms with Gasteiger partial charge in [0.25, 0.3) is 0 Å². The molecule has 0 spiro atoms. The number of nitrogens with zero attached hydrogens (tertiary/aromatic N) is 1.